The maximum absolute atomic E-state index is 12.4. The summed E-state index contributed by atoms with van der Waals surface area (Å²) in [5, 5.41) is 0. The molecule has 0 aliphatic heterocycles. The van der Waals surface area contributed by atoms with Crippen LogP contribution in [0.15, 0.2) is 48.5 Å². The lowest BCUT2D eigenvalue weighted by atomic mass is 9.66. The number of ether oxygens (including phenoxy) is 2. The molecule has 1 fully saturated rings. The standard InChI is InChI=1S/C18H16O4/c1-21-13-7-3-11(4-8-13)15-17(19)16(18(15)20)12-5-9-14(22-2)10-6-12/h3-10,15-16H,1-2H3. The molecule has 3 rings (SSSR count). The minimum absolute atomic E-state index is 0.0552. The van der Waals surface area contributed by atoms with Crippen LogP contribution in [-0.2, 0) is 9.59 Å². The molecule has 0 unspecified atom stereocenters. The number of hydrogen-bond acceptors (Lipinski definition) is 4. The van der Waals surface area contributed by atoms with E-state index in [0.29, 0.717) is 11.5 Å². The average Bonchev–Trinajstić information content (AvgIpc) is 2.56. The van der Waals surface area contributed by atoms with Crippen LogP contribution in [0.4, 0.5) is 0 Å². The summed E-state index contributed by atoms with van der Waals surface area (Å²) in [6, 6.07) is 14.1. The van der Waals surface area contributed by atoms with Gasteiger partial charge in [-0.25, -0.2) is 0 Å². The van der Waals surface area contributed by atoms with Crippen molar-refractivity contribution in [3.63, 3.8) is 0 Å². The Labute approximate surface area is 128 Å². The molecule has 0 aromatic heterocycles. The van der Waals surface area contributed by atoms with Crippen molar-refractivity contribution in [1.29, 1.82) is 0 Å². The number of Topliss-reactive ketones (excluding diaryl/α,β-unsaturated/α-hetero) is 2. The second-order valence-corrected chi connectivity index (χ2v) is 5.22. The zero-order valence-corrected chi connectivity index (χ0v) is 12.4. The molecule has 2 aromatic rings. The summed E-state index contributed by atoms with van der Waals surface area (Å²) >= 11 is 0. The van der Waals surface area contributed by atoms with E-state index in [4.69, 9.17) is 9.47 Å². The van der Waals surface area contributed by atoms with Crippen molar-refractivity contribution in [2.45, 2.75) is 11.8 Å². The van der Waals surface area contributed by atoms with E-state index in [0.717, 1.165) is 11.1 Å². The molecule has 1 saturated carbocycles. The van der Waals surface area contributed by atoms with Gasteiger partial charge in [-0.2, -0.15) is 0 Å². The van der Waals surface area contributed by atoms with Gasteiger partial charge in [-0.3, -0.25) is 9.59 Å². The molecule has 22 heavy (non-hydrogen) atoms. The maximum atomic E-state index is 12.4. The molecule has 4 heteroatoms. The summed E-state index contributed by atoms with van der Waals surface area (Å²) in [6.45, 7) is 0. The average molecular weight is 296 g/mol. The summed E-state index contributed by atoms with van der Waals surface area (Å²) in [4.78, 5) is 24.8. The van der Waals surface area contributed by atoms with Gasteiger partial charge in [0.25, 0.3) is 0 Å². The van der Waals surface area contributed by atoms with Crippen LogP contribution in [0.3, 0.4) is 0 Å². The predicted octanol–water partition coefficient (Wildman–Crippen LogP) is 2.72. The molecule has 0 amide bonds. The van der Waals surface area contributed by atoms with Gasteiger partial charge in [0.2, 0.25) is 0 Å². The lowest BCUT2D eigenvalue weighted by Gasteiger charge is -2.32. The van der Waals surface area contributed by atoms with Crippen LogP contribution in [-0.4, -0.2) is 25.8 Å². The van der Waals surface area contributed by atoms with Gasteiger partial charge < -0.3 is 9.47 Å². The second kappa shape index (κ2) is 5.64. The van der Waals surface area contributed by atoms with Crippen molar-refractivity contribution in [1.82, 2.24) is 0 Å². The number of methoxy groups -OCH3 is 2. The number of benzene rings is 2. The Kier molecular flexibility index (Phi) is 3.67. The topological polar surface area (TPSA) is 52.6 Å². The molecule has 4 nitrogen and oxygen atoms in total. The first-order chi connectivity index (χ1) is 10.7. The largest absolute Gasteiger partial charge is 0.497 e. The Morgan fingerprint density at radius 2 is 0.955 bits per heavy atom. The molecule has 0 bridgehead atoms. The van der Waals surface area contributed by atoms with E-state index in [2.05, 4.69) is 0 Å². The first kappa shape index (κ1) is 14.3. The van der Waals surface area contributed by atoms with Crippen molar-refractivity contribution in [3.8, 4) is 11.5 Å². The van der Waals surface area contributed by atoms with E-state index >= 15 is 0 Å². The SMILES string of the molecule is COc1ccc(C2C(=O)C(c3ccc(OC)cc3)C2=O)cc1. The van der Waals surface area contributed by atoms with Gasteiger partial charge in [0, 0.05) is 0 Å². The van der Waals surface area contributed by atoms with E-state index in [1.165, 1.54) is 0 Å². The van der Waals surface area contributed by atoms with E-state index in [-0.39, 0.29) is 11.6 Å². The normalized spacial score (nSPS) is 20.5. The molecular formula is C18H16O4. The molecule has 112 valence electrons. The highest BCUT2D eigenvalue weighted by Gasteiger charge is 2.50. The van der Waals surface area contributed by atoms with Gasteiger partial charge in [-0.15, -0.1) is 0 Å². The Balaban J connectivity index is 1.81. The van der Waals surface area contributed by atoms with Gasteiger partial charge in [0.15, 0.2) is 11.6 Å². The lowest BCUT2D eigenvalue weighted by molar-refractivity contribution is -0.142. The highest BCUT2D eigenvalue weighted by Crippen LogP contribution is 2.41. The molecule has 0 saturated heterocycles. The van der Waals surface area contributed by atoms with Crippen LogP contribution in [0.5, 0.6) is 11.5 Å². The Hall–Kier alpha value is -2.62. The number of hydrogen-bond donors (Lipinski definition) is 0. The molecule has 0 radical (unpaired) electrons. The molecule has 0 N–H and O–H groups in total. The fourth-order valence-electron chi connectivity index (χ4n) is 2.77. The van der Waals surface area contributed by atoms with Gasteiger partial charge in [0.05, 0.1) is 14.2 Å². The minimum Gasteiger partial charge on any atom is -0.497 e. The van der Waals surface area contributed by atoms with Crippen LogP contribution in [0.1, 0.15) is 23.0 Å². The van der Waals surface area contributed by atoms with Crippen molar-refractivity contribution in [2.75, 3.05) is 14.2 Å². The second-order valence-electron chi connectivity index (χ2n) is 5.22. The Bertz CT molecular complexity index is 625. The van der Waals surface area contributed by atoms with Crippen molar-refractivity contribution in [2.24, 2.45) is 0 Å². The first-order valence-electron chi connectivity index (χ1n) is 7.01. The van der Waals surface area contributed by atoms with E-state index in [1.807, 2.05) is 0 Å². The van der Waals surface area contributed by atoms with Crippen molar-refractivity contribution < 1.29 is 19.1 Å². The van der Waals surface area contributed by atoms with Gasteiger partial charge in [-0.05, 0) is 35.4 Å². The number of ketones is 2. The van der Waals surface area contributed by atoms with Gasteiger partial charge in [0.1, 0.15) is 23.3 Å². The third kappa shape index (κ3) is 2.26. The van der Waals surface area contributed by atoms with Crippen molar-refractivity contribution >= 4 is 11.6 Å². The maximum Gasteiger partial charge on any atom is 0.162 e. The van der Waals surface area contributed by atoms with Gasteiger partial charge in [-0.1, -0.05) is 24.3 Å². The van der Waals surface area contributed by atoms with Crippen LogP contribution in [0, 0.1) is 0 Å². The first-order valence-corrected chi connectivity index (χ1v) is 7.01. The van der Waals surface area contributed by atoms with Gasteiger partial charge >= 0.3 is 0 Å². The highest BCUT2D eigenvalue weighted by atomic mass is 16.5. The molecule has 1 aliphatic carbocycles. The third-order valence-electron chi connectivity index (χ3n) is 4.04. The molecule has 0 spiro atoms. The molecule has 1 aliphatic rings. The fourth-order valence-corrected chi connectivity index (χ4v) is 2.77. The summed E-state index contributed by atoms with van der Waals surface area (Å²) in [5.41, 5.74) is 1.45. The van der Waals surface area contributed by atoms with Crippen LogP contribution < -0.4 is 9.47 Å². The Morgan fingerprint density at radius 3 is 1.23 bits per heavy atom. The van der Waals surface area contributed by atoms with Crippen LogP contribution in [0.25, 0.3) is 0 Å². The molecule has 2 aromatic carbocycles. The summed E-state index contributed by atoms with van der Waals surface area (Å²) in [6.07, 6.45) is 0. The zero-order valence-electron chi connectivity index (χ0n) is 12.4. The van der Waals surface area contributed by atoms with Crippen LogP contribution >= 0.6 is 0 Å². The summed E-state index contributed by atoms with van der Waals surface area (Å²) in [5.74, 6) is -0.0129. The van der Waals surface area contributed by atoms with Crippen LogP contribution in [0.2, 0.25) is 0 Å². The number of carbonyl (C=O) groups excluding carboxylic acids is 2. The third-order valence-corrected chi connectivity index (χ3v) is 4.04. The smallest absolute Gasteiger partial charge is 0.162 e. The van der Waals surface area contributed by atoms with E-state index in [1.54, 1.807) is 62.8 Å². The predicted molar refractivity (Wildman–Crippen MR) is 81.5 cm³/mol. The summed E-state index contributed by atoms with van der Waals surface area (Å²) in [7, 11) is 3.16. The fraction of sp³-hybridized carbons (Fsp3) is 0.222. The van der Waals surface area contributed by atoms with E-state index < -0.39 is 11.8 Å². The zero-order chi connectivity index (χ0) is 15.7. The molecule has 0 atom stereocenters. The number of carbonyl (C=O) groups is 2. The van der Waals surface area contributed by atoms with E-state index in [9.17, 15) is 9.59 Å². The molecule has 0 heterocycles. The lowest BCUT2D eigenvalue weighted by Crippen LogP contribution is -2.44. The monoisotopic (exact) mass is 296 g/mol. The van der Waals surface area contributed by atoms with Crippen molar-refractivity contribution in [3.05, 3.63) is 59.7 Å². The minimum atomic E-state index is -0.655. The molecular weight excluding hydrogens is 280 g/mol. The summed E-state index contributed by atoms with van der Waals surface area (Å²) < 4.78 is 10.2. The number of rotatable bonds is 4. The quantitative estimate of drug-likeness (QED) is 0.814. The Morgan fingerprint density at radius 1 is 0.636 bits per heavy atom. The highest BCUT2D eigenvalue weighted by molar-refractivity contribution is 6.31.